The van der Waals surface area contributed by atoms with Crippen LogP contribution in [0.2, 0.25) is 0 Å². The lowest BCUT2D eigenvalue weighted by Crippen LogP contribution is -2.59. The van der Waals surface area contributed by atoms with Crippen LogP contribution in [0.15, 0.2) is 48.6 Å². The first-order valence-corrected chi connectivity index (χ1v) is 22.7. The van der Waals surface area contributed by atoms with E-state index in [0.717, 1.165) is 70.6 Å². The number of hydrogen-bond acceptors (Lipinski definition) is 9. The molecule has 9 heteroatoms. The topological polar surface area (TPSA) is 135 Å². The van der Waals surface area contributed by atoms with E-state index in [1.807, 2.05) is 0 Å². The molecule has 6 unspecified atom stereocenters. The number of carbonyl (C=O) groups is 1. The quantitative estimate of drug-likeness (QED) is 0.0274. The Labute approximate surface area is 342 Å². The summed E-state index contributed by atoms with van der Waals surface area (Å²) in [6, 6.07) is 0. The van der Waals surface area contributed by atoms with Gasteiger partial charge in [-0.3, -0.25) is 4.79 Å². The Morgan fingerprint density at radius 2 is 1.09 bits per heavy atom. The fraction of sp³-hybridized carbons (Fsp3) is 0.809. The molecule has 0 amide bonds. The summed E-state index contributed by atoms with van der Waals surface area (Å²) < 4.78 is 22.8. The summed E-state index contributed by atoms with van der Waals surface area (Å²) >= 11 is 0. The van der Waals surface area contributed by atoms with Crippen LogP contribution in [0.1, 0.15) is 181 Å². The van der Waals surface area contributed by atoms with Crippen LogP contribution in [-0.4, -0.2) is 89.6 Å². The van der Waals surface area contributed by atoms with Gasteiger partial charge in [-0.05, 0) is 70.6 Å². The average molecular weight is 793 g/mol. The second-order valence-corrected chi connectivity index (χ2v) is 15.5. The van der Waals surface area contributed by atoms with Crippen molar-refractivity contribution in [3.05, 3.63) is 48.6 Å². The van der Waals surface area contributed by atoms with Gasteiger partial charge in [0.05, 0.1) is 19.8 Å². The molecule has 1 fully saturated rings. The lowest BCUT2D eigenvalue weighted by atomic mass is 9.99. The number of carbonyl (C=O) groups excluding carboxylic acids is 1. The predicted molar refractivity (Wildman–Crippen MR) is 228 cm³/mol. The van der Waals surface area contributed by atoms with E-state index in [4.69, 9.17) is 18.9 Å². The number of rotatable bonds is 38. The van der Waals surface area contributed by atoms with E-state index in [-0.39, 0.29) is 19.2 Å². The van der Waals surface area contributed by atoms with E-state index < -0.39 is 43.4 Å². The standard InChI is InChI=1S/C47H84O9/c1-3-5-7-9-11-13-15-17-19-21-22-24-26-28-30-32-34-36-43(49)55-41(40-54-47-46(52)45(51)44(50)42(38-48)56-47)39-53-37-35-33-31-29-27-25-23-20-18-16-14-12-10-8-6-4-2/h5,7,11,13,17-20,41-42,44-48,50-52H,3-4,6,8-10,12,14-16,21-40H2,1-2H3/b7-5-,13-11-,19-17-,20-18-. The van der Waals surface area contributed by atoms with E-state index in [2.05, 4.69) is 62.5 Å². The van der Waals surface area contributed by atoms with Crippen molar-refractivity contribution in [3.63, 3.8) is 0 Å². The molecule has 1 aliphatic heterocycles. The summed E-state index contributed by atoms with van der Waals surface area (Å²) in [5.74, 6) is -0.327. The van der Waals surface area contributed by atoms with Crippen molar-refractivity contribution in [2.45, 2.75) is 218 Å². The molecule has 1 aliphatic rings. The molecule has 6 atom stereocenters. The molecule has 4 N–H and O–H groups in total. The van der Waals surface area contributed by atoms with Crippen LogP contribution in [-0.2, 0) is 23.7 Å². The van der Waals surface area contributed by atoms with Crippen molar-refractivity contribution >= 4 is 5.97 Å². The van der Waals surface area contributed by atoms with Crippen LogP contribution < -0.4 is 0 Å². The van der Waals surface area contributed by atoms with Crippen molar-refractivity contribution in [2.75, 3.05) is 26.4 Å². The lowest BCUT2D eigenvalue weighted by molar-refractivity contribution is -0.305. The second-order valence-electron chi connectivity index (χ2n) is 15.5. The molecule has 56 heavy (non-hydrogen) atoms. The van der Waals surface area contributed by atoms with Gasteiger partial charge in [0.2, 0.25) is 0 Å². The number of ether oxygens (including phenoxy) is 4. The largest absolute Gasteiger partial charge is 0.457 e. The minimum Gasteiger partial charge on any atom is -0.457 e. The number of allylic oxidation sites excluding steroid dienone is 8. The first-order chi connectivity index (χ1) is 27.4. The number of unbranched alkanes of at least 4 members (excludes halogenated alkanes) is 19. The first-order valence-electron chi connectivity index (χ1n) is 22.7. The van der Waals surface area contributed by atoms with Crippen LogP contribution in [0.3, 0.4) is 0 Å². The van der Waals surface area contributed by atoms with E-state index in [1.54, 1.807) is 0 Å². The Hall–Kier alpha value is -1.85. The molecule has 0 aromatic carbocycles. The average Bonchev–Trinajstić information content (AvgIpc) is 3.20. The first kappa shape index (κ1) is 52.2. The SMILES string of the molecule is CC/C=C\C/C=C\C/C=C\CCCCCCCCCC(=O)OC(COCCCCCCCC/C=C\CCCCCCCC)COC1OC(CO)C(O)C(O)C1O. The molecule has 1 heterocycles. The van der Waals surface area contributed by atoms with Crippen molar-refractivity contribution in [1.29, 1.82) is 0 Å². The molecule has 1 rings (SSSR count). The highest BCUT2D eigenvalue weighted by Gasteiger charge is 2.44. The van der Waals surface area contributed by atoms with Crippen LogP contribution >= 0.6 is 0 Å². The Kier molecular flexibility index (Phi) is 36.0. The maximum Gasteiger partial charge on any atom is 0.306 e. The van der Waals surface area contributed by atoms with E-state index in [9.17, 15) is 25.2 Å². The zero-order chi connectivity index (χ0) is 40.7. The highest BCUT2D eigenvalue weighted by atomic mass is 16.7. The number of hydrogen-bond donors (Lipinski definition) is 4. The molecule has 0 bridgehead atoms. The highest BCUT2D eigenvalue weighted by molar-refractivity contribution is 5.69. The van der Waals surface area contributed by atoms with Gasteiger partial charge in [-0.1, -0.05) is 152 Å². The zero-order valence-corrected chi connectivity index (χ0v) is 35.6. The summed E-state index contributed by atoms with van der Waals surface area (Å²) in [5.41, 5.74) is 0. The summed E-state index contributed by atoms with van der Waals surface area (Å²) in [5, 5.41) is 40.1. The van der Waals surface area contributed by atoms with E-state index in [0.29, 0.717) is 13.0 Å². The van der Waals surface area contributed by atoms with Crippen molar-refractivity contribution in [3.8, 4) is 0 Å². The fourth-order valence-corrected chi connectivity index (χ4v) is 6.68. The third-order valence-corrected chi connectivity index (χ3v) is 10.2. The van der Waals surface area contributed by atoms with Gasteiger partial charge in [0.1, 0.15) is 30.5 Å². The molecule has 326 valence electrons. The van der Waals surface area contributed by atoms with Gasteiger partial charge in [0.25, 0.3) is 0 Å². The van der Waals surface area contributed by atoms with Gasteiger partial charge in [-0.15, -0.1) is 0 Å². The molecule has 0 spiro atoms. The van der Waals surface area contributed by atoms with Gasteiger partial charge in [0.15, 0.2) is 6.29 Å². The molecular weight excluding hydrogens is 709 g/mol. The minimum absolute atomic E-state index is 0.121. The van der Waals surface area contributed by atoms with Crippen LogP contribution in [0.25, 0.3) is 0 Å². The van der Waals surface area contributed by atoms with Gasteiger partial charge in [-0.25, -0.2) is 0 Å². The normalized spacial score (nSPS) is 21.0. The number of esters is 1. The molecule has 0 radical (unpaired) electrons. The molecular formula is C47H84O9. The highest BCUT2D eigenvalue weighted by Crippen LogP contribution is 2.22. The molecule has 0 aliphatic carbocycles. The second kappa shape index (κ2) is 38.7. The monoisotopic (exact) mass is 793 g/mol. The maximum atomic E-state index is 12.8. The Bertz CT molecular complexity index is 994. The van der Waals surface area contributed by atoms with Crippen LogP contribution in [0.5, 0.6) is 0 Å². The van der Waals surface area contributed by atoms with E-state index >= 15 is 0 Å². The minimum atomic E-state index is -1.54. The van der Waals surface area contributed by atoms with Gasteiger partial charge in [-0.2, -0.15) is 0 Å². The Balaban J connectivity index is 2.27. The van der Waals surface area contributed by atoms with Crippen LogP contribution in [0.4, 0.5) is 0 Å². The lowest BCUT2D eigenvalue weighted by Gasteiger charge is -2.39. The maximum absolute atomic E-state index is 12.8. The van der Waals surface area contributed by atoms with Crippen molar-refractivity contribution in [2.24, 2.45) is 0 Å². The Morgan fingerprint density at radius 1 is 0.589 bits per heavy atom. The molecule has 0 aromatic heterocycles. The predicted octanol–water partition coefficient (Wildman–Crippen LogP) is 10.1. The van der Waals surface area contributed by atoms with Crippen molar-refractivity contribution < 1.29 is 44.2 Å². The summed E-state index contributed by atoms with van der Waals surface area (Å²) in [6.45, 7) is 4.42. The molecule has 9 nitrogen and oxygen atoms in total. The van der Waals surface area contributed by atoms with Gasteiger partial charge < -0.3 is 39.4 Å². The molecule has 1 saturated heterocycles. The van der Waals surface area contributed by atoms with Gasteiger partial charge >= 0.3 is 5.97 Å². The Morgan fingerprint density at radius 3 is 1.66 bits per heavy atom. The van der Waals surface area contributed by atoms with E-state index in [1.165, 1.54) is 89.9 Å². The fourth-order valence-electron chi connectivity index (χ4n) is 6.68. The third kappa shape index (κ3) is 29.4. The summed E-state index contributed by atoms with van der Waals surface area (Å²) in [7, 11) is 0. The summed E-state index contributed by atoms with van der Waals surface area (Å²) in [4.78, 5) is 12.8. The summed E-state index contributed by atoms with van der Waals surface area (Å²) in [6.07, 6.45) is 39.9. The van der Waals surface area contributed by atoms with Gasteiger partial charge in [0, 0.05) is 13.0 Å². The smallest absolute Gasteiger partial charge is 0.306 e. The molecule has 0 aromatic rings. The van der Waals surface area contributed by atoms with Crippen molar-refractivity contribution in [1.82, 2.24) is 0 Å². The molecule has 0 saturated carbocycles. The number of aliphatic hydroxyl groups excluding tert-OH is 4. The zero-order valence-electron chi connectivity index (χ0n) is 35.6. The van der Waals surface area contributed by atoms with Crippen LogP contribution in [0, 0.1) is 0 Å². The number of aliphatic hydroxyl groups is 4. The third-order valence-electron chi connectivity index (χ3n) is 10.2.